The monoisotopic (exact) mass is 220 g/mol. The number of hydrogen-bond donors (Lipinski definition) is 2. The number of benzene rings is 1. The maximum atomic E-state index is 11.0. The Hall–Kier alpha value is -0.780. The molecule has 1 aromatic carbocycles. The molecule has 0 aliphatic heterocycles. The van der Waals surface area contributed by atoms with Crippen LogP contribution in [-0.4, -0.2) is 8.42 Å². The van der Waals surface area contributed by atoms with Crippen LogP contribution in [0.5, 0.6) is 0 Å². The Bertz CT molecular complexity index is 442. The van der Waals surface area contributed by atoms with Crippen molar-refractivity contribution in [3.8, 4) is 0 Å². The fraction of sp³-hybridized carbons (Fsp3) is 0.143. The van der Waals surface area contributed by atoms with Crippen molar-refractivity contribution in [2.45, 2.75) is 11.8 Å². The Labute approximate surface area is 81.5 Å². The lowest BCUT2D eigenvalue weighted by atomic mass is 10.2. The van der Waals surface area contributed by atoms with E-state index in [0.717, 1.165) is 0 Å². The van der Waals surface area contributed by atoms with Crippen molar-refractivity contribution >= 4 is 27.3 Å². The van der Waals surface area contributed by atoms with Crippen LogP contribution in [0.25, 0.3) is 0 Å². The molecule has 0 aliphatic carbocycles. The van der Waals surface area contributed by atoms with Gasteiger partial charge in [-0.05, 0) is 24.6 Å². The van der Waals surface area contributed by atoms with Gasteiger partial charge in [0.1, 0.15) is 0 Å². The number of sulfonamides is 1. The average Bonchev–Trinajstić information content (AvgIpc) is 1.94. The molecule has 0 amide bonds. The minimum Gasteiger partial charge on any atom is -0.397 e. The van der Waals surface area contributed by atoms with E-state index < -0.39 is 10.0 Å². The SMILES string of the molecule is Cc1cc(Cl)c(N)cc1S(N)(=O)=O. The lowest BCUT2D eigenvalue weighted by Gasteiger charge is -2.05. The van der Waals surface area contributed by atoms with Gasteiger partial charge in [0.2, 0.25) is 10.0 Å². The molecule has 0 aliphatic rings. The molecule has 6 heteroatoms. The van der Waals surface area contributed by atoms with Crippen molar-refractivity contribution in [3.63, 3.8) is 0 Å². The first-order chi connectivity index (χ1) is 5.82. The van der Waals surface area contributed by atoms with Crippen molar-refractivity contribution in [3.05, 3.63) is 22.7 Å². The number of aryl methyl sites for hydroxylation is 1. The lowest BCUT2D eigenvalue weighted by Crippen LogP contribution is -2.14. The van der Waals surface area contributed by atoms with Gasteiger partial charge in [0.05, 0.1) is 15.6 Å². The van der Waals surface area contributed by atoms with Crippen LogP contribution in [0.2, 0.25) is 5.02 Å². The molecule has 1 rings (SSSR count). The molecule has 4 N–H and O–H groups in total. The largest absolute Gasteiger partial charge is 0.397 e. The summed E-state index contributed by atoms with van der Waals surface area (Å²) in [4.78, 5) is 0.00870. The van der Waals surface area contributed by atoms with Gasteiger partial charge in [0.15, 0.2) is 0 Å². The average molecular weight is 221 g/mol. The van der Waals surface area contributed by atoms with Crippen LogP contribution in [0.1, 0.15) is 5.56 Å². The molecule has 0 spiro atoms. The van der Waals surface area contributed by atoms with E-state index >= 15 is 0 Å². The smallest absolute Gasteiger partial charge is 0.238 e. The van der Waals surface area contributed by atoms with Crippen molar-refractivity contribution in [2.75, 3.05) is 5.73 Å². The second-order valence-corrected chi connectivity index (χ2v) is 4.62. The van der Waals surface area contributed by atoms with Crippen molar-refractivity contribution in [1.82, 2.24) is 0 Å². The number of anilines is 1. The molecule has 13 heavy (non-hydrogen) atoms. The number of primary sulfonamides is 1. The van der Waals surface area contributed by atoms with Crippen LogP contribution >= 0.6 is 11.6 Å². The molecular formula is C7H9ClN2O2S. The minimum atomic E-state index is -3.71. The first kappa shape index (κ1) is 10.3. The maximum Gasteiger partial charge on any atom is 0.238 e. The summed E-state index contributed by atoms with van der Waals surface area (Å²) in [6, 6.07) is 2.73. The molecule has 72 valence electrons. The third-order valence-electron chi connectivity index (χ3n) is 1.60. The molecule has 0 saturated carbocycles. The molecule has 0 atom stereocenters. The fourth-order valence-corrected chi connectivity index (χ4v) is 1.99. The van der Waals surface area contributed by atoms with E-state index in [2.05, 4.69) is 0 Å². The summed E-state index contributed by atoms with van der Waals surface area (Å²) in [5.74, 6) is 0. The van der Waals surface area contributed by atoms with E-state index in [-0.39, 0.29) is 10.6 Å². The Morgan fingerprint density at radius 3 is 2.38 bits per heavy atom. The van der Waals surface area contributed by atoms with Gasteiger partial charge in [-0.25, -0.2) is 13.6 Å². The zero-order valence-electron chi connectivity index (χ0n) is 6.91. The molecule has 0 aromatic heterocycles. The zero-order valence-corrected chi connectivity index (χ0v) is 8.48. The van der Waals surface area contributed by atoms with E-state index in [9.17, 15) is 8.42 Å². The molecule has 0 unspecified atom stereocenters. The van der Waals surface area contributed by atoms with Gasteiger partial charge in [-0.2, -0.15) is 0 Å². The zero-order chi connectivity index (χ0) is 10.2. The van der Waals surface area contributed by atoms with Gasteiger partial charge < -0.3 is 5.73 Å². The quantitative estimate of drug-likeness (QED) is 0.689. The summed E-state index contributed by atoms with van der Waals surface area (Å²) in [5, 5.41) is 5.27. The molecule has 0 fully saturated rings. The van der Waals surface area contributed by atoms with Gasteiger partial charge in [0, 0.05) is 0 Å². The predicted octanol–water partition coefficient (Wildman–Crippen LogP) is 0.878. The van der Waals surface area contributed by atoms with E-state index in [1.165, 1.54) is 12.1 Å². The van der Waals surface area contributed by atoms with Gasteiger partial charge in [-0.3, -0.25) is 0 Å². The summed E-state index contributed by atoms with van der Waals surface area (Å²) >= 11 is 5.68. The lowest BCUT2D eigenvalue weighted by molar-refractivity contribution is 0.597. The molecule has 4 nitrogen and oxygen atoms in total. The Morgan fingerprint density at radius 2 is 1.92 bits per heavy atom. The van der Waals surface area contributed by atoms with Crippen LogP contribution in [0.15, 0.2) is 17.0 Å². The highest BCUT2D eigenvalue weighted by atomic mass is 35.5. The molecule has 0 radical (unpaired) electrons. The maximum absolute atomic E-state index is 11.0. The van der Waals surface area contributed by atoms with Crippen molar-refractivity contribution in [1.29, 1.82) is 0 Å². The first-order valence-corrected chi connectivity index (χ1v) is 5.33. The fourth-order valence-electron chi connectivity index (χ4n) is 0.975. The van der Waals surface area contributed by atoms with Gasteiger partial charge >= 0.3 is 0 Å². The first-order valence-electron chi connectivity index (χ1n) is 3.41. The highest BCUT2D eigenvalue weighted by molar-refractivity contribution is 7.89. The Kier molecular flexibility index (Phi) is 2.51. The molecule has 1 aromatic rings. The molecule has 0 heterocycles. The standard InChI is InChI=1S/C7H9ClN2O2S/c1-4-2-5(8)6(9)3-7(4)13(10,11)12/h2-3H,9H2,1H3,(H2,10,11,12). The Balaban J connectivity index is 3.50. The second-order valence-electron chi connectivity index (χ2n) is 2.68. The highest BCUT2D eigenvalue weighted by Gasteiger charge is 2.13. The Morgan fingerprint density at radius 1 is 1.38 bits per heavy atom. The number of nitrogens with two attached hydrogens (primary N) is 2. The van der Waals surface area contributed by atoms with Crippen molar-refractivity contribution < 1.29 is 8.42 Å². The third kappa shape index (κ3) is 2.12. The van der Waals surface area contributed by atoms with Crippen LogP contribution < -0.4 is 10.9 Å². The van der Waals surface area contributed by atoms with Crippen LogP contribution in [-0.2, 0) is 10.0 Å². The van der Waals surface area contributed by atoms with E-state index in [4.69, 9.17) is 22.5 Å². The summed E-state index contributed by atoms with van der Waals surface area (Å²) < 4.78 is 22.0. The van der Waals surface area contributed by atoms with Crippen molar-refractivity contribution in [2.24, 2.45) is 5.14 Å². The number of hydrogen-bond acceptors (Lipinski definition) is 3. The number of halogens is 1. The molecule has 0 saturated heterocycles. The van der Waals surface area contributed by atoms with Crippen LogP contribution in [0, 0.1) is 6.92 Å². The summed E-state index contributed by atoms with van der Waals surface area (Å²) in [6.45, 7) is 1.60. The van der Waals surface area contributed by atoms with Gasteiger partial charge in [0.25, 0.3) is 0 Å². The highest BCUT2D eigenvalue weighted by Crippen LogP contribution is 2.25. The number of nitrogen functional groups attached to an aromatic ring is 1. The van der Waals surface area contributed by atoms with E-state index in [1.807, 2.05) is 0 Å². The van der Waals surface area contributed by atoms with E-state index in [1.54, 1.807) is 6.92 Å². The van der Waals surface area contributed by atoms with Gasteiger partial charge in [-0.15, -0.1) is 0 Å². The minimum absolute atomic E-state index is 0.00870. The topological polar surface area (TPSA) is 86.2 Å². The normalized spacial score (nSPS) is 11.6. The summed E-state index contributed by atoms with van der Waals surface area (Å²) in [7, 11) is -3.71. The second kappa shape index (κ2) is 3.17. The molecular weight excluding hydrogens is 212 g/mol. The number of rotatable bonds is 1. The molecule has 0 bridgehead atoms. The predicted molar refractivity (Wildman–Crippen MR) is 52.0 cm³/mol. The van der Waals surface area contributed by atoms with Crippen LogP contribution in [0.4, 0.5) is 5.69 Å². The van der Waals surface area contributed by atoms with E-state index in [0.29, 0.717) is 10.6 Å². The van der Waals surface area contributed by atoms with Gasteiger partial charge in [-0.1, -0.05) is 11.6 Å². The summed E-state index contributed by atoms with van der Waals surface area (Å²) in [6.07, 6.45) is 0. The summed E-state index contributed by atoms with van der Waals surface area (Å²) in [5.41, 5.74) is 6.13. The third-order valence-corrected chi connectivity index (χ3v) is 2.98. The van der Waals surface area contributed by atoms with Crippen LogP contribution in [0.3, 0.4) is 0 Å².